The maximum Gasteiger partial charge on any atom is 0.305 e. The van der Waals surface area contributed by atoms with Crippen molar-refractivity contribution in [1.82, 2.24) is 0 Å². The number of esters is 1. The van der Waals surface area contributed by atoms with Gasteiger partial charge in [-0.05, 0) is 18.8 Å². The third-order valence-corrected chi connectivity index (χ3v) is 10.3. The number of ether oxygens (including phenoxy) is 1. The molecule has 1 atom stereocenters. The Morgan fingerprint density at radius 3 is 1.02 bits per heavy atom. The fraction of sp³-hybridized carbons (Fsp3) is 0.977. The highest BCUT2D eigenvalue weighted by atomic mass is 16.5. The highest BCUT2D eigenvalue weighted by Crippen LogP contribution is 2.17. The lowest BCUT2D eigenvalue weighted by atomic mass is 9.99. The first-order valence-electron chi connectivity index (χ1n) is 21.4. The third-order valence-electron chi connectivity index (χ3n) is 10.3. The van der Waals surface area contributed by atoms with Gasteiger partial charge in [-0.1, -0.05) is 239 Å². The summed E-state index contributed by atoms with van der Waals surface area (Å²) in [5.74, 6) is 0.964. The first kappa shape index (κ1) is 44.5. The maximum atomic E-state index is 11.9. The van der Waals surface area contributed by atoms with Crippen molar-refractivity contribution in [3.63, 3.8) is 0 Å². The topological polar surface area (TPSA) is 26.3 Å². The highest BCUT2D eigenvalue weighted by molar-refractivity contribution is 5.69. The number of carbonyl (C=O) groups is 1. The average molecular weight is 635 g/mol. The quantitative estimate of drug-likeness (QED) is 0.0497. The van der Waals surface area contributed by atoms with Gasteiger partial charge >= 0.3 is 5.97 Å². The van der Waals surface area contributed by atoms with Gasteiger partial charge in [-0.25, -0.2) is 0 Å². The molecule has 0 saturated heterocycles. The second-order valence-electron chi connectivity index (χ2n) is 14.9. The van der Waals surface area contributed by atoms with Crippen LogP contribution >= 0.6 is 0 Å². The monoisotopic (exact) mass is 635 g/mol. The summed E-state index contributed by atoms with van der Waals surface area (Å²) < 4.78 is 5.44. The van der Waals surface area contributed by atoms with Crippen molar-refractivity contribution in [2.75, 3.05) is 6.61 Å². The average Bonchev–Trinajstić information content (AvgIpc) is 3.05. The Hall–Kier alpha value is -0.530. The first-order valence-corrected chi connectivity index (χ1v) is 21.4. The van der Waals surface area contributed by atoms with Gasteiger partial charge in [0.15, 0.2) is 0 Å². The van der Waals surface area contributed by atoms with Gasteiger partial charge < -0.3 is 4.74 Å². The smallest absolute Gasteiger partial charge is 0.305 e. The van der Waals surface area contributed by atoms with Gasteiger partial charge in [-0.3, -0.25) is 4.79 Å². The Kier molecular flexibility index (Phi) is 39.2. The van der Waals surface area contributed by atoms with Gasteiger partial charge in [0, 0.05) is 6.42 Å². The Morgan fingerprint density at radius 1 is 0.400 bits per heavy atom. The molecule has 2 heteroatoms. The Labute approximate surface area is 285 Å². The fourth-order valence-electron chi connectivity index (χ4n) is 6.70. The summed E-state index contributed by atoms with van der Waals surface area (Å²) in [5.41, 5.74) is 0. The van der Waals surface area contributed by atoms with Crippen molar-refractivity contribution >= 4 is 5.97 Å². The van der Waals surface area contributed by atoms with E-state index in [0.29, 0.717) is 13.0 Å². The molecule has 0 radical (unpaired) electrons. The minimum atomic E-state index is 0.0257. The van der Waals surface area contributed by atoms with Gasteiger partial charge in [0.25, 0.3) is 0 Å². The molecule has 0 aliphatic carbocycles. The Balaban J connectivity index is 3.12. The zero-order valence-corrected chi connectivity index (χ0v) is 31.8. The molecule has 0 rings (SSSR count). The predicted molar refractivity (Wildman–Crippen MR) is 202 cm³/mol. The van der Waals surface area contributed by atoms with Crippen LogP contribution in [-0.2, 0) is 9.53 Å². The van der Waals surface area contributed by atoms with Crippen LogP contribution in [0.4, 0.5) is 0 Å². The van der Waals surface area contributed by atoms with E-state index in [9.17, 15) is 4.79 Å². The van der Waals surface area contributed by atoms with E-state index in [4.69, 9.17) is 4.74 Å². The normalized spacial score (nSPS) is 12.2. The lowest BCUT2D eigenvalue weighted by molar-refractivity contribution is -0.143. The van der Waals surface area contributed by atoms with E-state index < -0.39 is 0 Å². The molecule has 0 bridgehead atoms. The van der Waals surface area contributed by atoms with Crippen LogP contribution in [0.2, 0.25) is 0 Å². The molecule has 0 amide bonds. The van der Waals surface area contributed by atoms with E-state index >= 15 is 0 Å². The number of hydrogen-bond acceptors (Lipinski definition) is 2. The molecule has 0 aliphatic heterocycles. The third kappa shape index (κ3) is 39.6. The van der Waals surface area contributed by atoms with Crippen LogP contribution in [0.5, 0.6) is 0 Å². The lowest BCUT2D eigenvalue weighted by Crippen LogP contribution is -2.05. The van der Waals surface area contributed by atoms with E-state index in [-0.39, 0.29) is 5.97 Å². The van der Waals surface area contributed by atoms with Crippen LogP contribution in [0.15, 0.2) is 0 Å². The summed E-state index contributed by atoms with van der Waals surface area (Å²) in [7, 11) is 0. The molecular formula is C43H86O2. The van der Waals surface area contributed by atoms with E-state index in [1.54, 1.807) is 0 Å². The van der Waals surface area contributed by atoms with Crippen LogP contribution in [0, 0.1) is 5.92 Å². The van der Waals surface area contributed by atoms with Gasteiger partial charge in [-0.15, -0.1) is 0 Å². The van der Waals surface area contributed by atoms with Crippen LogP contribution in [0.3, 0.4) is 0 Å². The molecular weight excluding hydrogens is 548 g/mol. The molecule has 0 fully saturated rings. The minimum absolute atomic E-state index is 0.0257. The Bertz CT molecular complexity index is 544. The van der Waals surface area contributed by atoms with Crippen LogP contribution in [0.1, 0.15) is 258 Å². The van der Waals surface area contributed by atoms with Crippen molar-refractivity contribution in [1.29, 1.82) is 0 Å². The number of carbonyl (C=O) groups excluding carboxylic acids is 1. The predicted octanol–water partition coefficient (Wildman–Crippen LogP) is 15.6. The van der Waals surface area contributed by atoms with E-state index in [0.717, 1.165) is 18.8 Å². The molecule has 2 nitrogen and oxygen atoms in total. The minimum Gasteiger partial charge on any atom is -0.466 e. The molecule has 0 aromatic rings. The SMILES string of the molecule is CCCCCCCCCCCC(=O)OCCCCCCCCCCCCCCCCCCCCCCCCCCCC(C)CC. The largest absolute Gasteiger partial charge is 0.466 e. The first-order chi connectivity index (χ1) is 22.2. The van der Waals surface area contributed by atoms with E-state index in [1.165, 1.54) is 218 Å². The second kappa shape index (κ2) is 39.6. The van der Waals surface area contributed by atoms with Crippen molar-refractivity contribution in [3.05, 3.63) is 0 Å². The molecule has 45 heavy (non-hydrogen) atoms. The van der Waals surface area contributed by atoms with Gasteiger partial charge in [0.2, 0.25) is 0 Å². The second-order valence-corrected chi connectivity index (χ2v) is 14.9. The summed E-state index contributed by atoms with van der Waals surface area (Å²) in [6.07, 6.45) is 50.6. The van der Waals surface area contributed by atoms with Crippen LogP contribution in [0.25, 0.3) is 0 Å². The molecule has 0 aromatic carbocycles. The summed E-state index contributed by atoms with van der Waals surface area (Å²) in [5, 5.41) is 0. The summed E-state index contributed by atoms with van der Waals surface area (Å²) in [6, 6.07) is 0. The zero-order chi connectivity index (χ0) is 32.7. The number of hydrogen-bond donors (Lipinski definition) is 0. The molecule has 0 aromatic heterocycles. The van der Waals surface area contributed by atoms with Gasteiger partial charge in [-0.2, -0.15) is 0 Å². The molecule has 1 unspecified atom stereocenters. The van der Waals surface area contributed by atoms with Crippen LogP contribution in [-0.4, -0.2) is 12.6 Å². The van der Waals surface area contributed by atoms with Crippen molar-refractivity contribution in [2.45, 2.75) is 258 Å². The molecule has 0 spiro atoms. The standard InChI is InChI=1S/C43H86O2/c1-4-6-7-8-9-27-31-34-37-40-43(44)45-41-38-35-32-29-26-24-22-20-18-16-14-12-10-11-13-15-17-19-21-23-25-28-30-33-36-39-42(3)5-2/h42H,4-41H2,1-3H3. The molecule has 270 valence electrons. The molecule has 0 aliphatic rings. The summed E-state index contributed by atoms with van der Waals surface area (Å²) in [6.45, 7) is 7.63. The Morgan fingerprint density at radius 2 is 0.689 bits per heavy atom. The lowest BCUT2D eigenvalue weighted by Gasteiger charge is -2.07. The number of unbranched alkanes of at least 4 members (excludes halogenated alkanes) is 32. The van der Waals surface area contributed by atoms with Gasteiger partial charge in [0.05, 0.1) is 6.61 Å². The molecule has 0 saturated carbocycles. The fourth-order valence-corrected chi connectivity index (χ4v) is 6.70. The maximum absolute atomic E-state index is 11.9. The summed E-state index contributed by atoms with van der Waals surface area (Å²) in [4.78, 5) is 11.9. The van der Waals surface area contributed by atoms with Crippen molar-refractivity contribution in [3.8, 4) is 0 Å². The van der Waals surface area contributed by atoms with Gasteiger partial charge in [0.1, 0.15) is 0 Å². The summed E-state index contributed by atoms with van der Waals surface area (Å²) >= 11 is 0. The molecule has 0 N–H and O–H groups in total. The zero-order valence-electron chi connectivity index (χ0n) is 31.8. The van der Waals surface area contributed by atoms with Crippen molar-refractivity contribution in [2.24, 2.45) is 5.92 Å². The van der Waals surface area contributed by atoms with Crippen molar-refractivity contribution < 1.29 is 9.53 Å². The molecule has 0 heterocycles. The highest BCUT2D eigenvalue weighted by Gasteiger charge is 2.03. The number of rotatable bonds is 39. The van der Waals surface area contributed by atoms with E-state index in [1.807, 2.05) is 0 Å². The van der Waals surface area contributed by atoms with E-state index in [2.05, 4.69) is 20.8 Å². The van der Waals surface area contributed by atoms with Crippen LogP contribution < -0.4 is 0 Å².